The van der Waals surface area contributed by atoms with E-state index >= 15 is 0 Å². The van der Waals surface area contributed by atoms with Crippen molar-refractivity contribution in [1.29, 1.82) is 0 Å². The van der Waals surface area contributed by atoms with Crippen LogP contribution in [0.1, 0.15) is 50.1 Å². The second-order valence-corrected chi connectivity index (χ2v) is 8.42. The third-order valence-electron chi connectivity index (χ3n) is 6.40. The monoisotopic (exact) mass is 384 g/mol. The second kappa shape index (κ2) is 6.35. The summed E-state index contributed by atoms with van der Waals surface area (Å²) in [6.45, 7) is 0. The Hall–Kier alpha value is -2.84. The number of ether oxygens (including phenoxy) is 1. The average molecular weight is 384 g/mol. The van der Waals surface area contributed by atoms with Crippen LogP contribution in [-0.2, 0) is 11.8 Å². The van der Waals surface area contributed by atoms with Crippen molar-refractivity contribution in [3.63, 3.8) is 0 Å². The van der Waals surface area contributed by atoms with Gasteiger partial charge in [0.15, 0.2) is 5.82 Å². The summed E-state index contributed by atoms with van der Waals surface area (Å²) in [5.41, 5.74) is 0.908. The summed E-state index contributed by atoms with van der Waals surface area (Å²) in [6.07, 6.45) is 7.05. The second-order valence-electron chi connectivity index (χ2n) is 8.42. The molecular weight excluding hydrogens is 360 g/mol. The van der Waals surface area contributed by atoms with Gasteiger partial charge >= 0.3 is 6.09 Å². The van der Waals surface area contributed by atoms with Crippen molar-refractivity contribution in [2.24, 2.45) is 13.0 Å². The summed E-state index contributed by atoms with van der Waals surface area (Å²) >= 11 is 0. The van der Waals surface area contributed by atoms with Gasteiger partial charge in [0, 0.05) is 42.5 Å². The van der Waals surface area contributed by atoms with Crippen molar-refractivity contribution in [3.8, 4) is 0 Å². The highest BCUT2D eigenvalue weighted by molar-refractivity contribution is 5.69. The first-order valence-electron chi connectivity index (χ1n) is 9.83. The number of amides is 1. The van der Waals surface area contributed by atoms with Crippen LogP contribution in [0.15, 0.2) is 23.1 Å². The molecule has 2 aromatic heterocycles. The lowest BCUT2D eigenvalue weighted by Gasteiger charge is -2.61. The normalized spacial score (nSPS) is 30.2. The number of carbonyl (C=O) groups excluding carboxylic acids is 1. The number of carbonyl (C=O) groups is 1. The molecular formula is C19H24N6O3. The summed E-state index contributed by atoms with van der Waals surface area (Å²) in [4.78, 5) is 28.0. The van der Waals surface area contributed by atoms with E-state index in [0.717, 1.165) is 50.1 Å². The fourth-order valence-corrected chi connectivity index (χ4v) is 4.67. The van der Waals surface area contributed by atoms with Crippen LogP contribution >= 0.6 is 0 Å². The van der Waals surface area contributed by atoms with E-state index in [2.05, 4.69) is 25.8 Å². The molecule has 2 heterocycles. The molecule has 9 heteroatoms. The van der Waals surface area contributed by atoms with Gasteiger partial charge in [0.2, 0.25) is 5.95 Å². The first-order valence-corrected chi connectivity index (χ1v) is 9.83. The van der Waals surface area contributed by atoms with Crippen LogP contribution in [-0.4, -0.2) is 37.5 Å². The SMILES string of the molecule is Cn1c(Nc2cc([C@H]3CC[C@@H](OC(=O)NC45CC(C4)C5)C3)[nH]n2)nccc1=O. The maximum absolute atomic E-state index is 12.1. The minimum atomic E-state index is -0.271. The molecule has 4 saturated carbocycles. The van der Waals surface area contributed by atoms with E-state index in [1.807, 2.05) is 6.07 Å². The first-order chi connectivity index (χ1) is 13.5. The number of nitrogens with one attached hydrogen (secondary N) is 3. The lowest BCUT2D eigenvalue weighted by Crippen LogP contribution is -2.68. The quantitative estimate of drug-likeness (QED) is 0.728. The largest absolute Gasteiger partial charge is 0.446 e. The summed E-state index contributed by atoms with van der Waals surface area (Å²) < 4.78 is 7.07. The molecule has 148 valence electrons. The molecule has 2 atom stereocenters. The Bertz CT molecular complexity index is 950. The van der Waals surface area contributed by atoms with Crippen molar-refractivity contribution in [3.05, 3.63) is 34.4 Å². The Kier molecular flexibility index (Phi) is 3.92. The van der Waals surface area contributed by atoms with Crippen LogP contribution in [0, 0.1) is 5.92 Å². The molecule has 0 unspecified atom stereocenters. The smallest absolute Gasteiger partial charge is 0.407 e. The zero-order valence-corrected chi connectivity index (χ0v) is 15.8. The summed E-state index contributed by atoms with van der Waals surface area (Å²) in [5, 5.41) is 13.4. The molecule has 28 heavy (non-hydrogen) atoms. The predicted octanol–water partition coefficient (Wildman–Crippen LogP) is 2.16. The standard InChI is InChI=1S/C19H24N6O3/c1-25-16(26)4-5-20-17(25)21-15-7-14(23-24-15)12-2-3-13(6-12)28-18(27)22-19-8-11(9-19)10-19/h4-5,7,11-13H,2-3,6,8-10H2,1H3,(H,22,27)(H2,20,21,23,24)/t11?,12-,13+,19?/m0/s1. The van der Waals surface area contributed by atoms with Gasteiger partial charge in [0.25, 0.3) is 5.56 Å². The number of hydrogen-bond acceptors (Lipinski definition) is 6. The molecule has 9 nitrogen and oxygen atoms in total. The maximum Gasteiger partial charge on any atom is 0.407 e. The minimum absolute atomic E-state index is 0.0509. The van der Waals surface area contributed by atoms with Crippen molar-refractivity contribution in [2.45, 2.75) is 56.1 Å². The Balaban J connectivity index is 1.17. The van der Waals surface area contributed by atoms with Crippen molar-refractivity contribution >= 4 is 17.9 Å². The predicted molar refractivity (Wildman–Crippen MR) is 101 cm³/mol. The van der Waals surface area contributed by atoms with Crippen molar-refractivity contribution < 1.29 is 9.53 Å². The number of H-pyrrole nitrogens is 1. The number of alkyl carbamates (subject to hydrolysis) is 1. The maximum atomic E-state index is 12.1. The van der Waals surface area contributed by atoms with E-state index in [-0.39, 0.29) is 29.2 Å². The van der Waals surface area contributed by atoms with Crippen LogP contribution in [0.5, 0.6) is 0 Å². The lowest BCUT2D eigenvalue weighted by molar-refractivity contribution is -0.0506. The summed E-state index contributed by atoms with van der Waals surface area (Å²) in [5.74, 6) is 2.13. The molecule has 4 aliphatic rings. The molecule has 1 amide bonds. The van der Waals surface area contributed by atoms with E-state index in [1.165, 1.54) is 16.8 Å². The van der Waals surface area contributed by atoms with Gasteiger partial charge in [-0.3, -0.25) is 14.5 Å². The van der Waals surface area contributed by atoms with Gasteiger partial charge in [-0.25, -0.2) is 9.78 Å². The Morgan fingerprint density at radius 2 is 2.18 bits per heavy atom. The highest BCUT2D eigenvalue weighted by Gasteiger charge is 2.57. The molecule has 2 bridgehead atoms. The lowest BCUT2D eigenvalue weighted by atomic mass is 9.50. The average Bonchev–Trinajstić information content (AvgIpc) is 3.23. The minimum Gasteiger partial charge on any atom is -0.446 e. The van der Waals surface area contributed by atoms with Crippen LogP contribution in [0.2, 0.25) is 0 Å². The zero-order chi connectivity index (χ0) is 19.3. The van der Waals surface area contributed by atoms with Gasteiger partial charge in [-0.2, -0.15) is 5.10 Å². The number of aromatic amines is 1. The third-order valence-corrected chi connectivity index (χ3v) is 6.40. The molecule has 0 aliphatic heterocycles. The van der Waals surface area contributed by atoms with Gasteiger partial charge in [-0.15, -0.1) is 0 Å². The van der Waals surface area contributed by atoms with E-state index < -0.39 is 0 Å². The number of rotatable bonds is 5. The Labute approximate surface area is 161 Å². The fourth-order valence-electron chi connectivity index (χ4n) is 4.67. The van der Waals surface area contributed by atoms with Gasteiger partial charge in [0.1, 0.15) is 6.10 Å². The number of anilines is 2. The van der Waals surface area contributed by atoms with Crippen LogP contribution < -0.4 is 16.2 Å². The fraction of sp³-hybridized carbons (Fsp3) is 0.579. The molecule has 4 aliphatic carbocycles. The van der Waals surface area contributed by atoms with Crippen LogP contribution in [0.4, 0.5) is 16.6 Å². The first kappa shape index (κ1) is 17.3. The molecule has 6 rings (SSSR count). The molecule has 4 fully saturated rings. The molecule has 3 N–H and O–H groups in total. The van der Waals surface area contributed by atoms with E-state index in [9.17, 15) is 9.59 Å². The Morgan fingerprint density at radius 1 is 1.36 bits per heavy atom. The van der Waals surface area contributed by atoms with E-state index in [1.54, 1.807) is 7.05 Å². The number of nitrogens with zero attached hydrogens (tertiary/aromatic N) is 3. The summed E-state index contributed by atoms with van der Waals surface area (Å²) in [7, 11) is 1.65. The zero-order valence-electron chi connectivity index (χ0n) is 15.8. The van der Waals surface area contributed by atoms with Gasteiger partial charge < -0.3 is 15.4 Å². The van der Waals surface area contributed by atoms with Crippen molar-refractivity contribution in [2.75, 3.05) is 5.32 Å². The third kappa shape index (κ3) is 3.04. The highest BCUT2D eigenvalue weighted by Crippen LogP contribution is 2.57. The van der Waals surface area contributed by atoms with Gasteiger partial charge in [0.05, 0.1) is 0 Å². The van der Waals surface area contributed by atoms with Gasteiger partial charge in [-0.05, 0) is 44.4 Å². The number of aromatic nitrogens is 4. The summed E-state index contributed by atoms with van der Waals surface area (Å²) in [6, 6.07) is 3.33. The van der Waals surface area contributed by atoms with Crippen LogP contribution in [0.25, 0.3) is 0 Å². The molecule has 0 saturated heterocycles. The van der Waals surface area contributed by atoms with E-state index in [0.29, 0.717) is 11.8 Å². The van der Waals surface area contributed by atoms with Gasteiger partial charge in [-0.1, -0.05) is 0 Å². The van der Waals surface area contributed by atoms with E-state index in [4.69, 9.17) is 4.74 Å². The molecule has 0 aromatic carbocycles. The molecule has 2 aromatic rings. The molecule has 0 spiro atoms. The number of hydrogen-bond donors (Lipinski definition) is 3. The molecule has 0 radical (unpaired) electrons. The van der Waals surface area contributed by atoms with Crippen molar-refractivity contribution in [1.82, 2.24) is 25.1 Å². The van der Waals surface area contributed by atoms with Crippen LogP contribution in [0.3, 0.4) is 0 Å². The Morgan fingerprint density at radius 3 is 2.93 bits per heavy atom. The topological polar surface area (TPSA) is 114 Å². The highest BCUT2D eigenvalue weighted by atomic mass is 16.6.